The van der Waals surface area contributed by atoms with Crippen LogP contribution >= 0.6 is 0 Å². The molecule has 0 saturated heterocycles. The number of nitrogens with zero attached hydrogens (tertiary/aromatic N) is 6. The number of nitrogens with two attached hydrogens (primary N) is 3. The summed E-state index contributed by atoms with van der Waals surface area (Å²) in [6, 6.07) is 3.05. The molecule has 4 fully saturated rings. The molecule has 0 aromatic rings. The monoisotopic (exact) mass is 977 g/mol. The molecule has 0 aromatic heterocycles. The molecule has 0 radical (unpaired) electrons. The van der Waals surface area contributed by atoms with E-state index >= 15 is 0 Å². The molecule has 0 aromatic carbocycles. The van der Waals surface area contributed by atoms with Crippen molar-refractivity contribution in [3.63, 3.8) is 0 Å². The van der Waals surface area contributed by atoms with Crippen LogP contribution in [-0.4, -0.2) is 256 Å². The van der Waals surface area contributed by atoms with Crippen molar-refractivity contribution < 1.29 is 0 Å². The lowest BCUT2D eigenvalue weighted by Crippen LogP contribution is -2.47. The van der Waals surface area contributed by atoms with E-state index in [-0.39, 0.29) is 0 Å². The highest BCUT2D eigenvalue weighted by Gasteiger charge is 2.24. The maximum atomic E-state index is 6.25. The van der Waals surface area contributed by atoms with Gasteiger partial charge in [-0.15, -0.1) is 0 Å². The molecule has 0 spiro atoms. The molecule has 4 rings (SSSR count). The zero-order valence-electron chi connectivity index (χ0n) is 45.2. The Morgan fingerprint density at radius 1 is 0.319 bits per heavy atom. The summed E-state index contributed by atoms with van der Waals surface area (Å²) in [5, 5.41) is 26.0. The van der Waals surface area contributed by atoms with E-state index in [1.54, 1.807) is 0 Å². The average Bonchev–Trinajstić information content (AvgIpc) is 3.28. The Labute approximate surface area is 425 Å². The number of rotatable bonds is 52. The molecule has 69 heavy (non-hydrogen) atoms. The number of hydrogen-bond donors (Lipinski definition) is 10. The normalized spacial score (nSPS) is 17.3. The number of hydrogen-bond acceptors (Lipinski definition) is 16. The van der Waals surface area contributed by atoms with Crippen molar-refractivity contribution in [1.29, 1.82) is 0 Å². The van der Waals surface area contributed by atoms with Crippen molar-refractivity contribution in [2.75, 3.05) is 203 Å². The second kappa shape index (κ2) is 41.7. The molecule has 4 aliphatic carbocycles. The molecule has 16 nitrogen and oxygen atoms in total. The molecule has 0 amide bonds. The number of nitrogens with one attached hydrogen (secondary N) is 7. The van der Waals surface area contributed by atoms with Crippen LogP contribution in [0.5, 0.6) is 0 Å². The quantitative estimate of drug-likeness (QED) is 0.0390. The summed E-state index contributed by atoms with van der Waals surface area (Å²) in [6.07, 6.45) is 22.7. The van der Waals surface area contributed by atoms with Gasteiger partial charge < -0.3 is 69.1 Å². The van der Waals surface area contributed by atoms with Crippen LogP contribution in [0, 0.1) is 0 Å². The van der Waals surface area contributed by atoms with Crippen molar-refractivity contribution in [2.45, 2.75) is 140 Å². The molecule has 0 atom stereocenters. The first kappa shape index (κ1) is 60.9. The zero-order chi connectivity index (χ0) is 48.7. The summed E-state index contributed by atoms with van der Waals surface area (Å²) in [4.78, 5) is 16.2. The maximum absolute atomic E-state index is 6.25. The van der Waals surface area contributed by atoms with Gasteiger partial charge in [0.15, 0.2) is 0 Å². The van der Waals surface area contributed by atoms with Crippen LogP contribution in [0.1, 0.15) is 116 Å². The van der Waals surface area contributed by atoms with Crippen LogP contribution in [0.15, 0.2) is 0 Å². The van der Waals surface area contributed by atoms with E-state index in [0.29, 0.717) is 13.1 Å². The lowest BCUT2D eigenvalue weighted by molar-refractivity contribution is 0.128. The van der Waals surface area contributed by atoms with Crippen LogP contribution in [0.4, 0.5) is 0 Å². The van der Waals surface area contributed by atoms with Crippen LogP contribution < -0.4 is 54.4 Å². The third kappa shape index (κ3) is 29.7. The molecule has 0 unspecified atom stereocenters. The van der Waals surface area contributed by atoms with Crippen molar-refractivity contribution in [1.82, 2.24) is 66.6 Å². The number of unbranched alkanes of at least 4 members (excludes halogenated alkanes) is 3. The highest BCUT2D eigenvalue weighted by Crippen LogP contribution is 2.24. The summed E-state index contributed by atoms with van der Waals surface area (Å²) in [5.41, 5.74) is 18.1. The van der Waals surface area contributed by atoms with Gasteiger partial charge in [-0.3, -0.25) is 14.7 Å². The van der Waals surface area contributed by atoms with Crippen molar-refractivity contribution in [3.8, 4) is 0 Å². The largest absolute Gasteiger partial charge is 0.329 e. The van der Waals surface area contributed by atoms with Crippen LogP contribution in [0.25, 0.3) is 0 Å². The van der Waals surface area contributed by atoms with E-state index in [1.165, 1.54) is 129 Å². The van der Waals surface area contributed by atoms with E-state index in [9.17, 15) is 0 Å². The Morgan fingerprint density at radius 3 is 1.12 bits per heavy atom. The molecule has 16 heteroatoms. The summed E-state index contributed by atoms with van der Waals surface area (Å²) in [7, 11) is 0. The zero-order valence-corrected chi connectivity index (χ0v) is 45.2. The first-order valence-corrected chi connectivity index (χ1v) is 29.6. The fourth-order valence-electron chi connectivity index (χ4n) is 10.1. The lowest BCUT2D eigenvalue weighted by Gasteiger charge is -2.37. The summed E-state index contributed by atoms with van der Waals surface area (Å²) in [6.45, 7) is 34.8. The Morgan fingerprint density at radius 2 is 0.681 bits per heavy atom. The van der Waals surface area contributed by atoms with E-state index < -0.39 is 0 Å². The van der Waals surface area contributed by atoms with Crippen LogP contribution in [0.3, 0.4) is 0 Å². The standard InChI is InChI=1S/C53H116N16/c1-2-3-33-65(40-31-62-51-13-8-14-51)46-49-68(41-32-63-52-15-9-16-52)48-44-64(36-20-55)34-5-4-6-35-66(38-28-60-30-43-69(53-17-10-18-53)42-29-57-22-19-54)45-47-67(37-21-56)39-27-59-24-23-58-25-26-61-50-11-7-12-50/h50-53,57-63H,2-49,54-56H2,1H3. The van der Waals surface area contributed by atoms with Gasteiger partial charge in [0, 0.05) is 207 Å². The van der Waals surface area contributed by atoms with Gasteiger partial charge in [-0.1, -0.05) is 45.4 Å². The minimum absolute atomic E-state index is 0.708. The molecule has 0 bridgehead atoms. The maximum Gasteiger partial charge on any atom is 0.0110 e. The minimum Gasteiger partial charge on any atom is -0.329 e. The summed E-state index contributed by atoms with van der Waals surface area (Å²) >= 11 is 0. The predicted octanol–water partition coefficient (Wildman–Crippen LogP) is 0.982. The van der Waals surface area contributed by atoms with Gasteiger partial charge in [0.1, 0.15) is 0 Å². The smallest absolute Gasteiger partial charge is 0.0110 e. The molecule has 0 heterocycles. The third-order valence-electron chi connectivity index (χ3n) is 15.9. The molecule has 13 N–H and O–H groups in total. The molecule has 0 aliphatic heterocycles. The Hall–Kier alpha value is -0.640. The lowest BCUT2D eigenvalue weighted by atomic mass is 9.91. The first-order chi connectivity index (χ1) is 34.1. The van der Waals surface area contributed by atoms with Gasteiger partial charge in [0.05, 0.1) is 0 Å². The van der Waals surface area contributed by atoms with E-state index in [2.05, 4.69) is 73.5 Å². The fourth-order valence-corrected chi connectivity index (χ4v) is 10.1. The highest BCUT2D eigenvalue weighted by atomic mass is 15.2. The highest BCUT2D eigenvalue weighted by molar-refractivity contribution is 4.82. The molecule has 4 saturated carbocycles. The topological polar surface area (TPSA) is 182 Å². The summed E-state index contributed by atoms with van der Waals surface area (Å²) < 4.78 is 0. The molecular weight excluding hydrogens is 861 g/mol. The Kier molecular flexibility index (Phi) is 36.8. The van der Waals surface area contributed by atoms with Crippen LogP contribution in [-0.2, 0) is 0 Å². The van der Waals surface area contributed by atoms with Gasteiger partial charge >= 0.3 is 0 Å². The van der Waals surface area contributed by atoms with Gasteiger partial charge in [-0.2, -0.15) is 0 Å². The van der Waals surface area contributed by atoms with Gasteiger partial charge in [0.25, 0.3) is 0 Å². The Balaban J connectivity index is 1.19. The van der Waals surface area contributed by atoms with Crippen LogP contribution in [0.2, 0.25) is 0 Å². The minimum atomic E-state index is 0.708. The van der Waals surface area contributed by atoms with Gasteiger partial charge in [-0.05, 0) is 90.3 Å². The Bertz CT molecular complexity index is 1130. The second-order valence-corrected chi connectivity index (χ2v) is 21.4. The van der Waals surface area contributed by atoms with Crippen molar-refractivity contribution in [3.05, 3.63) is 0 Å². The molecular formula is C53H116N16. The SMILES string of the molecule is CCCCN(CCNC1CCC1)CCN(CCNC1CCC1)CCN(CCN)CCCCCN(CCNCCN(CCNCCN)C1CCC1)CCN(CCN)CCNCCNCCNC1CCC1. The molecule has 4 aliphatic rings. The average molecular weight is 978 g/mol. The second-order valence-electron chi connectivity index (χ2n) is 21.4. The van der Waals surface area contributed by atoms with Crippen molar-refractivity contribution in [2.24, 2.45) is 17.2 Å². The van der Waals surface area contributed by atoms with E-state index in [4.69, 9.17) is 17.2 Å². The van der Waals surface area contributed by atoms with Gasteiger partial charge in [0.2, 0.25) is 0 Å². The predicted molar refractivity (Wildman–Crippen MR) is 296 cm³/mol. The third-order valence-corrected chi connectivity index (χ3v) is 15.9. The van der Waals surface area contributed by atoms with Gasteiger partial charge in [-0.25, -0.2) is 0 Å². The summed E-state index contributed by atoms with van der Waals surface area (Å²) in [5.74, 6) is 0. The fraction of sp³-hybridized carbons (Fsp3) is 1.00. The first-order valence-electron chi connectivity index (χ1n) is 29.6. The van der Waals surface area contributed by atoms with E-state index in [1.807, 2.05) is 0 Å². The van der Waals surface area contributed by atoms with E-state index in [0.717, 1.165) is 194 Å². The van der Waals surface area contributed by atoms with Crippen molar-refractivity contribution >= 4 is 0 Å². The molecule has 408 valence electrons.